The van der Waals surface area contributed by atoms with E-state index in [-0.39, 0.29) is 0 Å². The number of aromatic nitrogens is 1. The maximum atomic E-state index is 6.01. The second-order valence-electron chi connectivity index (χ2n) is 5.63. The maximum absolute atomic E-state index is 6.01. The molecule has 1 saturated heterocycles. The lowest BCUT2D eigenvalue weighted by Gasteiger charge is -2.32. The highest BCUT2D eigenvalue weighted by Crippen LogP contribution is 2.27. The summed E-state index contributed by atoms with van der Waals surface area (Å²) < 4.78 is 0. The van der Waals surface area contributed by atoms with Gasteiger partial charge in [-0.25, -0.2) is 0 Å². The van der Waals surface area contributed by atoms with E-state index in [9.17, 15) is 0 Å². The Morgan fingerprint density at radius 2 is 2.20 bits per heavy atom. The summed E-state index contributed by atoms with van der Waals surface area (Å²) in [6.07, 6.45) is 7.59. The molecule has 0 bridgehead atoms. The summed E-state index contributed by atoms with van der Waals surface area (Å²) >= 11 is 0. The predicted molar refractivity (Wildman–Crippen MR) is 84.9 cm³/mol. The van der Waals surface area contributed by atoms with Gasteiger partial charge in [-0.15, -0.1) is 0 Å². The molecular weight excluding hydrogens is 248 g/mol. The van der Waals surface area contributed by atoms with E-state index >= 15 is 0 Å². The van der Waals surface area contributed by atoms with Gasteiger partial charge < -0.3 is 16.0 Å². The van der Waals surface area contributed by atoms with Gasteiger partial charge >= 0.3 is 0 Å². The fourth-order valence-corrected chi connectivity index (χ4v) is 3.00. The van der Waals surface area contributed by atoms with Gasteiger partial charge in [0.05, 0.1) is 0 Å². The highest BCUT2D eigenvalue weighted by atomic mass is 15.2. The van der Waals surface area contributed by atoms with Crippen LogP contribution in [0.1, 0.15) is 19.3 Å². The highest BCUT2D eigenvalue weighted by Gasteiger charge is 2.18. The van der Waals surface area contributed by atoms with Gasteiger partial charge in [-0.1, -0.05) is 6.42 Å². The highest BCUT2D eigenvalue weighted by molar-refractivity contribution is 6.00. The number of hydrogen-bond acceptors (Lipinski definition) is 4. The third-order valence-corrected chi connectivity index (χ3v) is 4.30. The summed E-state index contributed by atoms with van der Waals surface area (Å²) in [5.41, 5.74) is 7.94. The summed E-state index contributed by atoms with van der Waals surface area (Å²) in [4.78, 5) is 6.62. The average molecular weight is 270 g/mol. The van der Waals surface area contributed by atoms with Crippen molar-refractivity contribution in [2.45, 2.75) is 25.3 Å². The second-order valence-corrected chi connectivity index (χ2v) is 5.63. The van der Waals surface area contributed by atoms with Gasteiger partial charge in [0.15, 0.2) is 0 Å². The minimum atomic E-state index is 0.623. The zero-order valence-electron chi connectivity index (χ0n) is 12.0. The van der Waals surface area contributed by atoms with Crippen LogP contribution in [0, 0.1) is 0 Å². The van der Waals surface area contributed by atoms with E-state index in [2.05, 4.69) is 28.3 Å². The van der Waals surface area contributed by atoms with Crippen LogP contribution in [0.25, 0.3) is 10.8 Å². The van der Waals surface area contributed by atoms with Crippen LogP contribution in [-0.2, 0) is 0 Å². The fraction of sp³-hybridized carbons (Fsp3) is 0.438. The molecule has 1 aliphatic heterocycles. The molecule has 1 atom stereocenters. The van der Waals surface area contributed by atoms with Crippen molar-refractivity contribution in [3.63, 3.8) is 0 Å². The molecule has 1 aliphatic rings. The summed E-state index contributed by atoms with van der Waals surface area (Å²) in [5.74, 6) is 0. The van der Waals surface area contributed by atoms with Crippen molar-refractivity contribution in [1.29, 1.82) is 0 Å². The Labute approximate surface area is 120 Å². The molecule has 106 valence electrons. The number of fused-ring (bicyclic) bond motifs is 1. The first-order valence-electron chi connectivity index (χ1n) is 7.32. The molecule has 1 aromatic heterocycles. The van der Waals surface area contributed by atoms with Crippen molar-refractivity contribution < 1.29 is 0 Å². The molecule has 3 rings (SSSR count). The zero-order valence-corrected chi connectivity index (χ0v) is 12.0. The fourth-order valence-electron chi connectivity index (χ4n) is 3.00. The lowest BCUT2D eigenvalue weighted by molar-refractivity contribution is 0.195. The van der Waals surface area contributed by atoms with Crippen molar-refractivity contribution in [2.75, 3.05) is 31.2 Å². The quantitative estimate of drug-likeness (QED) is 0.842. The van der Waals surface area contributed by atoms with Crippen molar-refractivity contribution in [2.24, 2.45) is 0 Å². The Morgan fingerprint density at radius 1 is 1.30 bits per heavy atom. The SMILES string of the molecule is CN1CCCCC1CNc1ccc(N)c2cnccc12. The largest absolute Gasteiger partial charge is 0.398 e. The molecule has 3 N–H and O–H groups in total. The van der Waals surface area contributed by atoms with E-state index in [1.165, 1.54) is 25.8 Å². The number of rotatable bonds is 3. The number of likely N-dealkylation sites (N-methyl/N-ethyl adjacent to an activating group) is 1. The number of hydrogen-bond donors (Lipinski definition) is 2. The number of nitrogens with zero attached hydrogens (tertiary/aromatic N) is 2. The minimum absolute atomic E-state index is 0.623. The molecule has 4 nitrogen and oxygen atoms in total. The van der Waals surface area contributed by atoms with Crippen LogP contribution in [0.2, 0.25) is 0 Å². The molecule has 0 spiro atoms. The zero-order chi connectivity index (χ0) is 13.9. The minimum Gasteiger partial charge on any atom is -0.398 e. The summed E-state index contributed by atoms with van der Waals surface area (Å²) in [6, 6.07) is 6.67. The Bertz CT molecular complexity index is 596. The van der Waals surface area contributed by atoms with Crippen LogP contribution in [0.5, 0.6) is 0 Å². The van der Waals surface area contributed by atoms with Gasteiger partial charge in [0.2, 0.25) is 0 Å². The monoisotopic (exact) mass is 270 g/mol. The summed E-state index contributed by atoms with van der Waals surface area (Å²) in [5, 5.41) is 5.76. The van der Waals surface area contributed by atoms with Crippen LogP contribution < -0.4 is 11.1 Å². The van der Waals surface area contributed by atoms with Crippen LogP contribution in [-0.4, -0.2) is 36.1 Å². The van der Waals surface area contributed by atoms with E-state index in [4.69, 9.17) is 5.73 Å². The molecule has 0 amide bonds. The van der Waals surface area contributed by atoms with Crippen molar-refractivity contribution in [1.82, 2.24) is 9.88 Å². The molecule has 1 unspecified atom stereocenters. The first kappa shape index (κ1) is 13.2. The third kappa shape index (κ3) is 2.56. The summed E-state index contributed by atoms with van der Waals surface area (Å²) in [6.45, 7) is 2.19. The third-order valence-electron chi connectivity index (χ3n) is 4.30. The lowest BCUT2D eigenvalue weighted by Crippen LogP contribution is -2.40. The van der Waals surface area contributed by atoms with Crippen molar-refractivity contribution in [3.05, 3.63) is 30.6 Å². The average Bonchev–Trinajstić information content (AvgIpc) is 2.48. The van der Waals surface area contributed by atoms with E-state index < -0.39 is 0 Å². The maximum Gasteiger partial charge on any atom is 0.0423 e. The Morgan fingerprint density at radius 3 is 3.05 bits per heavy atom. The number of piperidine rings is 1. The molecule has 20 heavy (non-hydrogen) atoms. The smallest absolute Gasteiger partial charge is 0.0423 e. The molecule has 0 radical (unpaired) electrons. The van der Waals surface area contributed by atoms with E-state index in [1.807, 2.05) is 24.5 Å². The van der Waals surface area contributed by atoms with Crippen molar-refractivity contribution >= 4 is 22.1 Å². The molecule has 1 aromatic carbocycles. The van der Waals surface area contributed by atoms with Gasteiger partial charge in [-0.3, -0.25) is 4.98 Å². The second kappa shape index (κ2) is 5.67. The lowest BCUT2D eigenvalue weighted by atomic mass is 10.0. The molecule has 2 heterocycles. The Balaban J connectivity index is 1.79. The number of likely N-dealkylation sites (tertiary alicyclic amines) is 1. The van der Waals surface area contributed by atoms with E-state index in [0.29, 0.717) is 6.04 Å². The number of pyridine rings is 1. The number of anilines is 2. The number of nitrogen functional groups attached to an aromatic ring is 1. The topological polar surface area (TPSA) is 54.2 Å². The van der Waals surface area contributed by atoms with Gasteiger partial charge in [0, 0.05) is 47.1 Å². The normalized spacial score (nSPS) is 20.1. The number of nitrogens with one attached hydrogen (secondary N) is 1. The van der Waals surface area contributed by atoms with Crippen LogP contribution in [0.15, 0.2) is 30.6 Å². The van der Waals surface area contributed by atoms with Gasteiger partial charge in [-0.2, -0.15) is 0 Å². The van der Waals surface area contributed by atoms with Crippen LogP contribution >= 0.6 is 0 Å². The molecule has 1 fully saturated rings. The van der Waals surface area contributed by atoms with Crippen LogP contribution in [0.4, 0.5) is 11.4 Å². The predicted octanol–water partition coefficient (Wildman–Crippen LogP) is 2.71. The standard InChI is InChI=1S/C16H22N4/c1-20-9-3-2-4-12(20)10-19-16-6-5-15(17)14-11-18-8-7-13(14)16/h5-8,11-12,19H,2-4,9-10,17H2,1H3. The Kier molecular flexibility index (Phi) is 3.74. The van der Waals surface area contributed by atoms with E-state index in [0.717, 1.165) is 28.7 Å². The van der Waals surface area contributed by atoms with Gasteiger partial charge in [-0.05, 0) is 44.6 Å². The Hall–Kier alpha value is -1.81. The molecule has 0 aliphatic carbocycles. The molecular formula is C16H22N4. The first-order valence-corrected chi connectivity index (χ1v) is 7.32. The molecule has 0 saturated carbocycles. The van der Waals surface area contributed by atoms with E-state index in [1.54, 1.807) is 0 Å². The van der Waals surface area contributed by atoms with Crippen LogP contribution in [0.3, 0.4) is 0 Å². The number of nitrogens with two attached hydrogens (primary N) is 1. The molecule has 4 heteroatoms. The number of benzene rings is 1. The van der Waals surface area contributed by atoms with Gasteiger partial charge in [0.25, 0.3) is 0 Å². The first-order chi connectivity index (χ1) is 9.75. The van der Waals surface area contributed by atoms with Gasteiger partial charge in [0.1, 0.15) is 0 Å². The summed E-state index contributed by atoms with van der Waals surface area (Å²) in [7, 11) is 2.22. The van der Waals surface area contributed by atoms with Crippen molar-refractivity contribution in [3.8, 4) is 0 Å². The molecule has 2 aromatic rings.